The Bertz CT molecular complexity index is 831. The number of rotatable bonds is 4. The number of halogens is 1. The number of nitrogens with one attached hydrogen (secondary N) is 1. The number of hydrogen-bond donors (Lipinski definition) is 1. The monoisotopic (exact) mass is 387 g/mol. The van der Waals surface area contributed by atoms with Gasteiger partial charge in [0.15, 0.2) is 0 Å². The number of amides is 1. The molecule has 1 saturated heterocycles. The number of esters is 1. The summed E-state index contributed by atoms with van der Waals surface area (Å²) < 4.78 is 4.81. The second-order valence-corrected chi connectivity index (χ2v) is 6.91. The van der Waals surface area contributed by atoms with Crippen LogP contribution in [0.3, 0.4) is 0 Å². The zero-order valence-electron chi connectivity index (χ0n) is 15.4. The van der Waals surface area contributed by atoms with E-state index < -0.39 is 5.97 Å². The molecule has 6 nitrogen and oxygen atoms in total. The first-order valence-corrected chi connectivity index (χ1v) is 9.08. The molecule has 1 N–H and O–H groups in total. The highest BCUT2D eigenvalue weighted by Gasteiger charge is 2.20. The molecule has 0 unspecified atom stereocenters. The van der Waals surface area contributed by atoms with Gasteiger partial charge in [0.2, 0.25) is 0 Å². The molecule has 27 heavy (non-hydrogen) atoms. The molecular weight excluding hydrogens is 366 g/mol. The first-order chi connectivity index (χ1) is 13.0. The molecule has 1 aliphatic rings. The highest BCUT2D eigenvalue weighted by atomic mass is 35.5. The first-order valence-electron chi connectivity index (χ1n) is 8.70. The summed E-state index contributed by atoms with van der Waals surface area (Å²) in [6, 6.07) is 11.9. The van der Waals surface area contributed by atoms with E-state index in [9.17, 15) is 9.59 Å². The van der Waals surface area contributed by atoms with E-state index in [4.69, 9.17) is 16.3 Å². The van der Waals surface area contributed by atoms with Crippen molar-refractivity contribution in [1.29, 1.82) is 0 Å². The minimum Gasteiger partial charge on any atom is -0.465 e. The van der Waals surface area contributed by atoms with Crippen LogP contribution in [0.25, 0.3) is 0 Å². The summed E-state index contributed by atoms with van der Waals surface area (Å²) in [5.41, 5.74) is 2.36. The first kappa shape index (κ1) is 19.2. The van der Waals surface area contributed by atoms with Gasteiger partial charge in [0, 0.05) is 36.8 Å². The van der Waals surface area contributed by atoms with Crippen LogP contribution in [-0.2, 0) is 4.74 Å². The zero-order valence-corrected chi connectivity index (χ0v) is 16.1. The number of likely N-dealkylation sites (N-methyl/N-ethyl adjacent to an activating group) is 1. The van der Waals surface area contributed by atoms with E-state index in [-0.39, 0.29) is 5.91 Å². The van der Waals surface area contributed by atoms with E-state index in [0.717, 1.165) is 31.9 Å². The standard InChI is InChI=1S/C20H22ClN3O3/c1-23-9-11-24(12-10-23)18-8-5-15(20(26)27-2)13-17(18)22-19(25)14-3-6-16(21)7-4-14/h3-8,13H,9-12H2,1-2H3,(H,22,25). The van der Waals surface area contributed by atoms with Crippen molar-refractivity contribution in [3.8, 4) is 0 Å². The van der Waals surface area contributed by atoms with Crippen molar-refractivity contribution in [1.82, 2.24) is 4.90 Å². The lowest BCUT2D eigenvalue weighted by atomic mass is 10.1. The molecule has 1 amide bonds. The Morgan fingerprint density at radius 2 is 1.63 bits per heavy atom. The Kier molecular flexibility index (Phi) is 5.98. The topological polar surface area (TPSA) is 61.9 Å². The average Bonchev–Trinajstić information content (AvgIpc) is 2.68. The fourth-order valence-corrected chi connectivity index (χ4v) is 3.13. The molecule has 7 heteroatoms. The molecule has 3 rings (SSSR count). The molecular formula is C20H22ClN3O3. The fraction of sp³-hybridized carbons (Fsp3) is 0.300. The molecule has 1 fully saturated rings. The second-order valence-electron chi connectivity index (χ2n) is 6.47. The number of carbonyl (C=O) groups excluding carboxylic acids is 2. The Morgan fingerprint density at radius 1 is 1.00 bits per heavy atom. The van der Waals surface area contributed by atoms with E-state index in [1.54, 1.807) is 36.4 Å². The van der Waals surface area contributed by atoms with Gasteiger partial charge in [-0.25, -0.2) is 4.79 Å². The van der Waals surface area contributed by atoms with Crippen LogP contribution in [0.5, 0.6) is 0 Å². The zero-order chi connectivity index (χ0) is 19.4. The normalized spacial score (nSPS) is 14.7. The van der Waals surface area contributed by atoms with Gasteiger partial charge in [0.05, 0.1) is 24.0 Å². The van der Waals surface area contributed by atoms with Crippen LogP contribution in [0.1, 0.15) is 20.7 Å². The number of benzene rings is 2. The van der Waals surface area contributed by atoms with Crippen LogP contribution in [-0.4, -0.2) is 57.1 Å². The van der Waals surface area contributed by atoms with Gasteiger partial charge >= 0.3 is 5.97 Å². The number of hydrogen-bond acceptors (Lipinski definition) is 5. The molecule has 2 aromatic rings. The largest absolute Gasteiger partial charge is 0.465 e. The third-order valence-corrected chi connectivity index (χ3v) is 4.87. The Hall–Kier alpha value is -2.57. The van der Waals surface area contributed by atoms with Crippen LogP contribution in [0.4, 0.5) is 11.4 Å². The smallest absolute Gasteiger partial charge is 0.337 e. The predicted octanol–water partition coefficient (Wildman–Crippen LogP) is 3.13. The van der Waals surface area contributed by atoms with Gasteiger partial charge in [-0.3, -0.25) is 4.79 Å². The molecule has 0 saturated carbocycles. The maximum atomic E-state index is 12.7. The molecule has 142 valence electrons. The van der Waals surface area contributed by atoms with Crippen molar-refractivity contribution in [2.75, 3.05) is 50.6 Å². The van der Waals surface area contributed by atoms with Crippen LogP contribution >= 0.6 is 11.6 Å². The van der Waals surface area contributed by atoms with Gasteiger partial charge in [-0.1, -0.05) is 11.6 Å². The van der Waals surface area contributed by atoms with Gasteiger partial charge in [-0.15, -0.1) is 0 Å². The lowest BCUT2D eigenvalue weighted by molar-refractivity contribution is 0.0600. The molecule has 0 aliphatic carbocycles. The number of piperazine rings is 1. The summed E-state index contributed by atoms with van der Waals surface area (Å²) in [4.78, 5) is 29.0. The van der Waals surface area contributed by atoms with Crippen LogP contribution in [0, 0.1) is 0 Å². The summed E-state index contributed by atoms with van der Waals surface area (Å²) in [5.74, 6) is -0.703. The minimum atomic E-state index is -0.443. The van der Waals surface area contributed by atoms with Gasteiger partial charge in [-0.2, -0.15) is 0 Å². The molecule has 0 spiro atoms. The van der Waals surface area contributed by atoms with Gasteiger partial charge < -0.3 is 19.9 Å². The lowest BCUT2D eigenvalue weighted by Gasteiger charge is -2.35. The maximum Gasteiger partial charge on any atom is 0.337 e. The van der Waals surface area contributed by atoms with Gasteiger partial charge in [0.25, 0.3) is 5.91 Å². The average molecular weight is 388 g/mol. The van der Waals surface area contributed by atoms with E-state index in [1.807, 2.05) is 6.07 Å². The Labute approximate surface area is 163 Å². The highest BCUT2D eigenvalue weighted by Crippen LogP contribution is 2.29. The Balaban J connectivity index is 1.90. The van der Waals surface area contributed by atoms with E-state index >= 15 is 0 Å². The van der Waals surface area contributed by atoms with Crippen molar-refractivity contribution in [2.45, 2.75) is 0 Å². The van der Waals surface area contributed by atoms with E-state index in [0.29, 0.717) is 21.8 Å². The maximum absolute atomic E-state index is 12.7. The summed E-state index contributed by atoms with van der Waals surface area (Å²) in [5, 5.41) is 3.50. The number of nitrogens with zero attached hydrogens (tertiary/aromatic N) is 2. The molecule has 0 atom stereocenters. The van der Waals surface area contributed by atoms with Crippen molar-refractivity contribution >= 4 is 34.9 Å². The molecule has 1 aliphatic heterocycles. The van der Waals surface area contributed by atoms with Gasteiger partial charge in [-0.05, 0) is 49.5 Å². The second kappa shape index (κ2) is 8.41. The quantitative estimate of drug-likeness (QED) is 0.817. The third-order valence-electron chi connectivity index (χ3n) is 4.62. The highest BCUT2D eigenvalue weighted by molar-refractivity contribution is 6.30. The fourth-order valence-electron chi connectivity index (χ4n) is 3.00. The summed E-state index contributed by atoms with van der Waals surface area (Å²) in [6.45, 7) is 3.56. The summed E-state index contributed by atoms with van der Waals surface area (Å²) in [6.07, 6.45) is 0. The van der Waals surface area contributed by atoms with E-state index in [1.165, 1.54) is 7.11 Å². The van der Waals surface area contributed by atoms with E-state index in [2.05, 4.69) is 22.2 Å². The minimum absolute atomic E-state index is 0.260. The van der Waals surface area contributed by atoms with Crippen LogP contribution in [0.2, 0.25) is 5.02 Å². The van der Waals surface area contributed by atoms with Crippen molar-refractivity contribution in [2.24, 2.45) is 0 Å². The van der Waals surface area contributed by atoms with Crippen molar-refractivity contribution in [3.05, 3.63) is 58.6 Å². The number of methoxy groups -OCH3 is 1. The van der Waals surface area contributed by atoms with Crippen LogP contribution in [0.15, 0.2) is 42.5 Å². The number of ether oxygens (including phenoxy) is 1. The predicted molar refractivity (Wildman–Crippen MR) is 107 cm³/mol. The third kappa shape index (κ3) is 4.59. The van der Waals surface area contributed by atoms with Crippen molar-refractivity contribution < 1.29 is 14.3 Å². The van der Waals surface area contributed by atoms with Crippen LogP contribution < -0.4 is 10.2 Å². The molecule has 0 radical (unpaired) electrons. The number of carbonyl (C=O) groups is 2. The van der Waals surface area contributed by atoms with Crippen molar-refractivity contribution in [3.63, 3.8) is 0 Å². The van der Waals surface area contributed by atoms with Gasteiger partial charge in [0.1, 0.15) is 0 Å². The summed E-state index contributed by atoms with van der Waals surface area (Å²) >= 11 is 5.89. The molecule has 0 bridgehead atoms. The lowest BCUT2D eigenvalue weighted by Crippen LogP contribution is -2.44. The molecule has 2 aromatic carbocycles. The molecule has 0 aromatic heterocycles. The number of anilines is 2. The Morgan fingerprint density at radius 3 is 2.26 bits per heavy atom. The summed E-state index contributed by atoms with van der Waals surface area (Å²) in [7, 11) is 3.42. The SMILES string of the molecule is COC(=O)c1ccc(N2CCN(C)CC2)c(NC(=O)c2ccc(Cl)cc2)c1. The molecule has 1 heterocycles.